The molecule has 0 bridgehead atoms. The normalized spacial score (nSPS) is 8.36. The zero-order chi connectivity index (χ0) is 7.56. The van der Waals surface area contributed by atoms with Gasteiger partial charge in [-0.25, -0.2) is 0 Å². The molecule has 0 fully saturated rings. The summed E-state index contributed by atoms with van der Waals surface area (Å²) in [5, 5.41) is 18.9. The summed E-state index contributed by atoms with van der Waals surface area (Å²) in [4.78, 5) is 9.44. The second-order valence-corrected chi connectivity index (χ2v) is 1.75. The average Bonchev–Trinajstić information content (AvgIpc) is 1.88. The van der Waals surface area contributed by atoms with Gasteiger partial charge in [0.05, 0.1) is 4.92 Å². The van der Waals surface area contributed by atoms with Crippen LogP contribution in [0.5, 0.6) is 5.75 Å². The van der Waals surface area contributed by atoms with Gasteiger partial charge in [0.25, 0.3) is 0 Å². The van der Waals surface area contributed by atoms with E-state index >= 15 is 0 Å². The van der Waals surface area contributed by atoms with Crippen LogP contribution < -0.4 is 0 Å². The van der Waals surface area contributed by atoms with Crippen LogP contribution in [-0.2, 0) is 0 Å². The molecule has 4 nitrogen and oxygen atoms in total. The second kappa shape index (κ2) is 4.33. The van der Waals surface area contributed by atoms with E-state index < -0.39 is 4.92 Å². The number of benzene rings is 1. The topological polar surface area (TPSA) is 63.4 Å². The van der Waals surface area contributed by atoms with Crippen LogP contribution in [0.15, 0.2) is 24.3 Å². The van der Waals surface area contributed by atoms with E-state index in [2.05, 4.69) is 0 Å². The van der Waals surface area contributed by atoms with E-state index in [1.54, 1.807) is 0 Å². The van der Waals surface area contributed by atoms with E-state index in [4.69, 9.17) is 5.11 Å². The molecule has 0 aliphatic carbocycles. The maximum atomic E-state index is 10.1. The van der Waals surface area contributed by atoms with Crippen molar-refractivity contribution in [2.45, 2.75) is 0 Å². The van der Waals surface area contributed by atoms with Crippen molar-refractivity contribution < 1.29 is 10.0 Å². The summed E-state index contributed by atoms with van der Waals surface area (Å²) in [5.41, 5.74) is -0.262. The van der Waals surface area contributed by atoms with Crippen LogP contribution in [0.3, 0.4) is 0 Å². The third-order valence-electron chi connectivity index (χ3n) is 1.08. The van der Waals surface area contributed by atoms with Gasteiger partial charge in [-0.1, -0.05) is 12.1 Å². The van der Waals surface area contributed by atoms with Gasteiger partial charge in [-0.05, 0) is 6.07 Å². The van der Waals surface area contributed by atoms with Crippen LogP contribution in [0.1, 0.15) is 0 Å². The third-order valence-corrected chi connectivity index (χ3v) is 1.08. The number of rotatable bonds is 1. The molecule has 0 spiro atoms. The van der Waals surface area contributed by atoms with Gasteiger partial charge in [-0.3, -0.25) is 10.1 Å². The quantitative estimate of drug-likeness (QED) is 0.379. The van der Waals surface area contributed by atoms with E-state index in [1.165, 1.54) is 24.3 Å². The maximum Gasteiger partial charge on any atom is 0.310 e. The van der Waals surface area contributed by atoms with Crippen LogP contribution in [0.25, 0.3) is 0 Å². The minimum Gasteiger partial charge on any atom is -0.502 e. The maximum absolute atomic E-state index is 10.1. The molecule has 1 aromatic rings. The molecule has 1 N–H and O–H groups in total. The molecule has 0 heterocycles. The summed E-state index contributed by atoms with van der Waals surface area (Å²) in [6, 6.07) is 5.55. The summed E-state index contributed by atoms with van der Waals surface area (Å²) in [6.07, 6.45) is 0. The van der Waals surface area contributed by atoms with E-state index in [1.807, 2.05) is 0 Å². The fourth-order valence-corrected chi connectivity index (χ4v) is 0.619. The summed E-state index contributed by atoms with van der Waals surface area (Å²) in [5.74, 6) is -0.299. The fraction of sp³-hybridized carbons (Fsp3) is 0. The predicted molar refractivity (Wildman–Crippen MR) is 40.5 cm³/mol. The number of nitro groups is 1. The Bertz CT molecular complexity index is 264. The largest absolute Gasteiger partial charge is 0.502 e. The first-order valence-electron chi connectivity index (χ1n) is 2.64. The molecule has 0 aliphatic rings. The van der Waals surface area contributed by atoms with Gasteiger partial charge >= 0.3 is 5.69 Å². The van der Waals surface area contributed by atoms with Crippen LogP contribution in [0.4, 0.5) is 5.69 Å². The van der Waals surface area contributed by atoms with Crippen LogP contribution in [0.2, 0.25) is 0 Å². The number of para-hydroxylation sites is 2. The molecule has 1 aromatic carbocycles. The Balaban J connectivity index is 0.000001000. The fourth-order valence-electron chi connectivity index (χ4n) is 0.619. The smallest absolute Gasteiger partial charge is 0.310 e. The number of hydrogen-bond acceptors (Lipinski definition) is 3. The molecule has 1 radical (unpaired) electrons. The van der Waals surface area contributed by atoms with Crippen LogP contribution in [0, 0.1) is 10.1 Å². The third kappa shape index (κ3) is 2.49. The average molecular weight is 162 g/mol. The van der Waals surface area contributed by atoms with E-state index in [0.717, 1.165) is 0 Å². The summed E-state index contributed by atoms with van der Waals surface area (Å²) >= 11 is 0. The van der Waals surface area contributed by atoms with Crippen molar-refractivity contribution in [1.29, 1.82) is 0 Å². The monoisotopic (exact) mass is 162 g/mol. The molecule has 0 atom stereocenters. The molecule has 0 saturated carbocycles. The van der Waals surface area contributed by atoms with Crippen LogP contribution in [-0.4, -0.2) is 39.6 Å². The van der Waals surface area contributed by atoms with Gasteiger partial charge in [-0.15, -0.1) is 0 Å². The zero-order valence-electron chi connectivity index (χ0n) is 6.02. The number of phenols is 1. The Labute approximate surface area is 85.3 Å². The molecule has 0 aliphatic heterocycles. The number of nitrogens with zero attached hydrogens (tertiary/aromatic N) is 1. The summed E-state index contributed by atoms with van der Waals surface area (Å²) < 4.78 is 0. The van der Waals surface area contributed by atoms with Gasteiger partial charge in [0.15, 0.2) is 5.75 Å². The summed E-state index contributed by atoms with van der Waals surface area (Å²) in [7, 11) is 0. The van der Waals surface area contributed by atoms with Gasteiger partial charge < -0.3 is 5.11 Å². The van der Waals surface area contributed by atoms with Crippen molar-refractivity contribution in [2.75, 3.05) is 0 Å². The van der Waals surface area contributed by atoms with E-state index in [-0.39, 0.29) is 41.0 Å². The number of hydrogen-bond donors (Lipinski definition) is 1. The molecule has 1 rings (SSSR count). The molecule has 0 aromatic heterocycles. The first-order valence-corrected chi connectivity index (χ1v) is 2.64. The predicted octanol–water partition coefficient (Wildman–Crippen LogP) is 0.920. The first-order chi connectivity index (χ1) is 4.72. The molecule has 53 valence electrons. The Morgan fingerprint density at radius 2 is 1.91 bits per heavy atom. The van der Waals surface area contributed by atoms with Gasteiger partial charge in [0, 0.05) is 35.6 Å². The number of nitro benzene ring substituents is 1. The second-order valence-electron chi connectivity index (χ2n) is 1.75. The molecule has 5 heteroatoms. The zero-order valence-corrected chi connectivity index (χ0v) is 8.02. The standard InChI is InChI=1S/C6H5NO3.Na/c8-6-4-2-1-3-5(6)7(9)10;/h1-4,8H;. The van der Waals surface area contributed by atoms with Crippen molar-refractivity contribution in [3.05, 3.63) is 34.4 Å². The van der Waals surface area contributed by atoms with Gasteiger partial charge in [-0.2, -0.15) is 0 Å². The van der Waals surface area contributed by atoms with Crippen molar-refractivity contribution in [3.8, 4) is 5.75 Å². The summed E-state index contributed by atoms with van der Waals surface area (Å²) in [6.45, 7) is 0. The Morgan fingerprint density at radius 3 is 2.27 bits per heavy atom. The Kier molecular flexibility index (Phi) is 4.10. The molecular formula is C6H5NNaO3. The minimum atomic E-state index is -0.630. The van der Waals surface area contributed by atoms with Crippen molar-refractivity contribution in [1.82, 2.24) is 0 Å². The van der Waals surface area contributed by atoms with E-state index in [9.17, 15) is 10.1 Å². The molecule has 0 amide bonds. The van der Waals surface area contributed by atoms with Crippen LogP contribution >= 0.6 is 0 Å². The van der Waals surface area contributed by atoms with Crippen molar-refractivity contribution in [2.24, 2.45) is 0 Å². The Hall–Kier alpha value is -0.580. The molecule has 11 heavy (non-hydrogen) atoms. The Morgan fingerprint density at radius 1 is 1.36 bits per heavy atom. The molecule has 0 unspecified atom stereocenters. The first kappa shape index (κ1) is 10.4. The number of phenolic OH excluding ortho intramolecular Hbond substituents is 1. The molecular weight excluding hydrogens is 157 g/mol. The minimum absolute atomic E-state index is 0. The molecule has 0 saturated heterocycles. The van der Waals surface area contributed by atoms with Gasteiger partial charge in [0.1, 0.15) is 0 Å². The van der Waals surface area contributed by atoms with Crippen molar-refractivity contribution >= 4 is 35.2 Å². The van der Waals surface area contributed by atoms with Gasteiger partial charge in [0.2, 0.25) is 0 Å². The van der Waals surface area contributed by atoms with Crippen molar-refractivity contribution in [3.63, 3.8) is 0 Å². The number of aromatic hydroxyl groups is 1. The van der Waals surface area contributed by atoms with E-state index in [0.29, 0.717) is 0 Å². The SMILES string of the molecule is O=[N+]([O-])c1ccccc1O.[Na].